The molecule has 0 bridgehead atoms. The van der Waals surface area contributed by atoms with Crippen LogP contribution in [0.25, 0.3) is 0 Å². The number of hydrogen-bond donors (Lipinski definition) is 1. The molecule has 0 saturated heterocycles. The summed E-state index contributed by atoms with van der Waals surface area (Å²) >= 11 is 0. The minimum atomic E-state index is 0.0645. The molecule has 1 saturated carbocycles. The van der Waals surface area contributed by atoms with E-state index in [1.807, 2.05) is 11.0 Å². The third-order valence-corrected chi connectivity index (χ3v) is 6.72. The molecule has 1 fully saturated rings. The van der Waals surface area contributed by atoms with Crippen molar-refractivity contribution in [2.45, 2.75) is 65.0 Å². The zero-order valence-electron chi connectivity index (χ0n) is 18.1. The van der Waals surface area contributed by atoms with Gasteiger partial charge in [-0.1, -0.05) is 31.5 Å². The number of phenolic OH excluding ortho intramolecular Hbond substituents is 1. The lowest BCUT2D eigenvalue weighted by atomic mass is 9.78. The van der Waals surface area contributed by atoms with Crippen LogP contribution in [0.4, 0.5) is 0 Å². The van der Waals surface area contributed by atoms with E-state index in [1.54, 1.807) is 12.1 Å². The smallest absolute Gasteiger partial charge is 0.254 e. The summed E-state index contributed by atoms with van der Waals surface area (Å²) < 4.78 is 6.43. The first-order chi connectivity index (χ1) is 14.5. The van der Waals surface area contributed by atoms with Gasteiger partial charge in [-0.2, -0.15) is 0 Å². The fraction of sp³-hybridized carbons (Fsp3) is 0.500. The summed E-state index contributed by atoms with van der Waals surface area (Å²) in [5, 5.41) is 9.68. The van der Waals surface area contributed by atoms with Crippen molar-refractivity contribution in [2.75, 3.05) is 6.54 Å². The molecule has 4 nitrogen and oxygen atoms in total. The molecular weight excluding hydrogens is 374 g/mol. The molecule has 0 spiro atoms. The van der Waals surface area contributed by atoms with Gasteiger partial charge in [0, 0.05) is 18.7 Å². The third kappa shape index (κ3) is 4.63. The minimum absolute atomic E-state index is 0.0645. The van der Waals surface area contributed by atoms with Crippen LogP contribution in [0, 0.1) is 18.8 Å². The number of aromatic hydroxyl groups is 1. The molecule has 1 aliphatic carbocycles. The Morgan fingerprint density at radius 3 is 2.67 bits per heavy atom. The maximum absolute atomic E-state index is 12.7. The normalized spacial score (nSPS) is 22.1. The quantitative estimate of drug-likeness (QED) is 0.639. The van der Waals surface area contributed by atoms with Gasteiger partial charge in [-0.05, 0) is 86.3 Å². The number of rotatable bonds is 7. The van der Waals surface area contributed by atoms with E-state index in [9.17, 15) is 9.90 Å². The number of aryl methyl sites for hydroxylation is 1. The van der Waals surface area contributed by atoms with Gasteiger partial charge in [-0.3, -0.25) is 4.79 Å². The van der Waals surface area contributed by atoms with E-state index in [-0.39, 0.29) is 17.8 Å². The van der Waals surface area contributed by atoms with Gasteiger partial charge in [-0.25, -0.2) is 0 Å². The fourth-order valence-corrected chi connectivity index (χ4v) is 5.09. The number of fused-ring (bicyclic) bond motifs is 1. The summed E-state index contributed by atoms with van der Waals surface area (Å²) in [7, 11) is 0. The van der Waals surface area contributed by atoms with Crippen LogP contribution < -0.4 is 4.74 Å². The SMILES string of the molecule is CCCC(Oc1cccc(C)c1)C1CCC(CN2Cc3ccc(O)cc3C2=O)CC1. The topological polar surface area (TPSA) is 49.8 Å². The van der Waals surface area contributed by atoms with Crippen molar-refractivity contribution >= 4 is 5.91 Å². The van der Waals surface area contributed by atoms with Crippen LogP contribution in [0.5, 0.6) is 11.5 Å². The molecule has 160 valence electrons. The summed E-state index contributed by atoms with van der Waals surface area (Å²) in [6.07, 6.45) is 7.11. The van der Waals surface area contributed by atoms with E-state index in [0.717, 1.165) is 56.4 Å². The average Bonchev–Trinajstić information content (AvgIpc) is 3.03. The van der Waals surface area contributed by atoms with Crippen LogP contribution in [0.1, 0.15) is 66.9 Å². The average molecular weight is 408 g/mol. The molecule has 2 aromatic rings. The summed E-state index contributed by atoms with van der Waals surface area (Å²) in [6, 6.07) is 13.5. The first-order valence-electron chi connectivity index (χ1n) is 11.4. The highest BCUT2D eigenvalue weighted by Gasteiger charge is 2.33. The van der Waals surface area contributed by atoms with Gasteiger partial charge in [0.2, 0.25) is 0 Å². The maximum Gasteiger partial charge on any atom is 0.254 e. The molecule has 4 heteroatoms. The van der Waals surface area contributed by atoms with E-state index in [4.69, 9.17) is 4.74 Å². The molecule has 1 N–H and O–H groups in total. The molecule has 2 aliphatic rings. The predicted molar refractivity (Wildman–Crippen MR) is 119 cm³/mol. The largest absolute Gasteiger partial charge is 0.508 e. The van der Waals surface area contributed by atoms with Gasteiger partial charge < -0.3 is 14.7 Å². The summed E-state index contributed by atoms with van der Waals surface area (Å²) in [4.78, 5) is 14.7. The first-order valence-corrected chi connectivity index (χ1v) is 11.4. The van der Waals surface area contributed by atoms with Gasteiger partial charge >= 0.3 is 0 Å². The van der Waals surface area contributed by atoms with Gasteiger partial charge in [0.05, 0.1) is 0 Å². The highest BCUT2D eigenvalue weighted by atomic mass is 16.5. The standard InChI is InChI=1S/C26H33NO3/c1-3-5-25(30-23-7-4-6-18(2)14-23)20-10-8-19(9-11-20)16-27-17-21-12-13-22(28)15-24(21)26(27)29/h4,6-7,12-15,19-20,25,28H,3,5,8-11,16-17H2,1-2H3. The van der Waals surface area contributed by atoms with E-state index in [1.165, 1.54) is 5.56 Å². The highest BCUT2D eigenvalue weighted by molar-refractivity contribution is 5.98. The van der Waals surface area contributed by atoms with Crippen molar-refractivity contribution in [2.24, 2.45) is 11.8 Å². The number of hydrogen-bond acceptors (Lipinski definition) is 3. The molecule has 1 unspecified atom stereocenters. The number of carbonyl (C=O) groups excluding carboxylic acids is 1. The Hall–Kier alpha value is -2.49. The monoisotopic (exact) mass is 407 g/mol. The van der Waals surface area contributed by atoms with Gasteiger partial charge in [0.1, 0.15) is 17.6 Å². The van der Waals surface area contributed by atoms with E-state index in [2.05, 4.69) is 38.1 Å². The third-order valence-electron chi connectivity index (χ3n) is 6.72. The lowest BCUT2D eigenvalue weighted by Gasteiger charge is -2.35. The van der Waals surface area contributed by atoms with Gasteiger partial charge in [-0.15, -0.1) is 0 Å². The lowest BCUT2D eigenvalue weighted by molar-refractivity contribution is 0.0644. The number of nitrogens with zero attached hydrogens (tertiary/aromatic N) is 1. The van der Waals surface area contributed by atoms with E-state index < -0.39 is 0 Å². The number of phenols is 1. The van der Waals surface area contributed by atoms with Crippen molar-refractivity contribution in [1.82, 2.24) is 4.90 Å². The summed E-state index contributed by atoms with van der Waals surface area (Å²) in [5.74, 6) is 2.36. The minimum Gasteiger partial charge on any atom is -0.508 e. The number of ether oxygens (including phenoxy) is 1. The fourth-order valence-electron chi connectivity index (χ4n) is 5.09. The Bertz CT molecular complexity index is 886. The second kappa shape index (κ2) is 9.11. The molecule has 1 aliphatic heterocycles. The Balaban J connectivity index is 1.32. The molecule has 1 amide bonds. The highest BCUT2D eigenvalue weighted by Crippen LogP contribution is 2.36. The van der Waals surface area contributed by atoms with Crippen LogP contribution in [-0.2, 0) is 6.54 Å². The summed E-state index contributed by atoms with van der Waals surface area (Å²) in [6.45, 7) is 5.82. The summed E-state index contributed by atoms with van der Waals surface area (Å²) in [5.41, 5.74) is 2.93. The molecule has 1 heterocycles. The second-order valence-electron chi connectivity index (χ2n) is 9.07. The van der Waals surface area contributed by atoms with Gasteiger partial charge in [0.25, 0.3) is 5.91 Å². The van der Waals surface area contributed by atoms with Crippen molar-refractivity contribution < 1.29 is 14.6 Å². The van der Waals surface area contributed by atoms with Crippen LogP contribution in [0.3, 0.4) is 0 Å². The molecule has 2 aromatic carbocycles. The Morgan fingerprint density at radius 1 is 1.13 bits per heavy atom. The number of benzene rings is 2. The molecule has 4 rings (SSSR count). The molecule has 30 heavy (non-hydrogen) atoms. The first kappa shape index (κ1) is 20.8. The second-order valence-corrected chi connectivity index (χ2v) is 9.07. The van der Waals surface area contributed by atoms with Crippen LogP contribution >= 0.6 is 0 Å². The van der Waals surface area contributed by atoms with Gasteiger partial charge in [0.15, 0.2) is 0 Å². The molecular formula is C26H33NO3. The van der Waals surface area contributed by atoms with Crippen LogP contribution in [0.2, 0.25) is 0 Å². The Kier molecular flexibility index (Phi) is 6.31. The van der Waals surface area contributed by atoms with Crippen molar-refractivity contribution in [3.63, 3.8) is 0 Å². The van der Waals surface area contributed by atoms with E-state index >= 15 is 0 Å². The predicted octanol–water partition coefficient (Wildman–Crippen LogP) is 5.71. The lowest BCUT2D eigenvalue weighted by Crippen LogP contribution is -2.35. The zero-order valence-corrected chi connectivity index (χ0v) is 18.1. The molecule has 0 radical (unpaired) electrons. The molecule has 0 aromatic heterocycles. The number of carbonyl (C=O) groups is 1. The molecule has 1 atom stereocenters. The zero-order chi connectivity index (χ0) is 21.1. The maximum atomic E-state index is 12.7. The van der Waals surface area contributed by atoms with Crippen molar-refractivity contribution in [3.05, 3.63) is 59.2 Å². The van der Waals surface area contributed by atoms with Crippen LogP contribution in [0.15, 0.2) is 42.5 Å². The Morgan fingerprint density at radius 2 is 1.93 bits per heavy atom. The Labute approximate surface area is 179 Å². The van der Waals surface area contributed by atoms with Crippen molar-refractivity contribution in [3.8, 4) is 11.5 Å². The van der Waals surface area contributed by atoms with Crippen molar-refractivity contribution in [1.29, 1.82) is 0 Å². The van der Waals surface area contributed by atoms with Crippen LogP contribution in [-0.4, -0.2) is 28.6 Å². The number of amides is 1. The van der Waals surface area contributed by atoms with E-state index in [0.29, 0.717) is 23.9 Å².